The van der Waals surface area contributed by atoms with Crippen LogP contribution in [0.5, 0.6) is 0 Å². The molecule has 2 aromatic heterocycles. The maximum atomic E-state index is 12.7. The molecule has 110 valence electrons. The molecule has 0 fully saturated rings. The number of aromatic amines is 1. The molecular weight excluding hydrogens is 326 g/mol. The zero-order valence-corrected chi connectivity index (χ0v) is 11.8. The van der Waals surface area contributed by atoms with E-state index in [2.05, 4.69) is 15.0 Å². The molecule has 0 saturated heterocycles. The van der Waals surface area contributed by atoms with Crippen molar-refractivity contribution >= 4 is 23.2 Å². The summed E-state index contributed by atoms with van der Waals surface area (Å²) in [6.45, 7) is 0. The molecule has 3 nitrogen and oxygen atoms in total. The van der Waals surface area contributed by atoms with Crippen LogP contribution in [0.3, 0.4) is 0 Å². The predicted octanol–water partition coefficient (Wildman–Crippen LogP) is 4.92. The van der Waals surface area contributed by atoms with Gasteiger partial charge in [0.05, 0.1) is 16.1 Å². The van der Waals surface area contributed by atoms with Crippen molar-refractivity contribution in [2.75, 3.05) is 0 Å². The zero-order chi connectivity index (χ0) is 15.5. The molecular formula is C13H8Cl2F3N3. The van der Waals surface area contributed by atoms with E-state index in [0.29, 0.717) is 5.56 Å². The Labute approximate surface area is 128 Å². The fourth-order valence-electron chi connectivity index (χ4n) is 1.49. The van der Waals surface area contributed by atoms with Gasteiger partial charge < -0.3 is 4.98 Å². The van der Waals surface area contributed by atoms with Gasteiger partial charge in [0.2, 0.25) is 0 Å². The van der Waals surface area contributed by atoms with Gasteiger partial charge in [0, 0.05) is 18.6 Å². The van der Waals surface area contributed by atoms with E-state index in [1.165, 1.54) is 24.5 Å². The van der Waals surface area contributed by atoms with Gasteiger partial charge in [-0.1, -0.05) is 23.2 Å². The maximum absolute atomic E-state index is 12.7. The number of nitrogens with zero attached hydrogens (tertiary/aromatic N) is 2. The second kappa shape index (κ2) is 6.32. The van der Waals surface area contributed by atoms with Gasteiger partial charge in [-0.3, -0.25) is 0 Å². The van der Waals surface area contributed by atoms with Crippen molar-refractivity contribution in [1.29, 1.82) is 0 Å². The summed E-state index contributed by atoms with van der Waals surface area (Å²) in [5.74, 6) is 0.258. The molecule has 21 heavy (non-hydrogen) atoms. The summed E-state index contributed by atoms with van der Waals surface area (Å²) in [6.07, 6.45) is -0.692. The Bertz CT molecular complexity index is 697. The monoisotopic (exact) mass is 333 g/mol. The van der Waals surface area contributed by atoms with Crippen molar-refractivity contribution < 1.29 is 13.2 Å². The van der Waals surface area contributed by atoms with Crippen LogP contribution in [0.1, 0.15) is 5.56 Å². The Morgan fingerprint density at radius 2 is 1.86 bits per heavy atom. The molecule has 0 aromatic carbocycles. The molecule has 8 heteroatoms. The van der Waals surface area contributed by atoms with E-state index in [9.17, 15) is 13.2 Å². The minimum atomic E-state index is -4.44. The van der Waals surface area contributed by atoms with Gasteiger partial charge in [0.1, 0.15) is 11.0 Å². The Kier molecular flexibility index (Phi) is 4.69. The smallest absolute Gasteiger partial charge is 0.346 e. The summed E-state index contributed by atoms with van der Waals surface area (Å²) in [5.41, 5.74) is -0.381. The first-order valence-electron chi connectivity index (χ1n) is 5.64. The molecule has 0 aliphatic rings. The van der Waals surface area contributed by atoms with Gasteiger partial charge in [0.15, 0.2) is 0 Å². The SMILES string of the molecule is FC(F)(F)c1cccnc(-c2cnc(Cl)cc2Cl)[nH]cc1. The average Bonchev–Trinajstić information content (AvgIpc) is 2.49. The van der Waals surface area contributed by atoms with Crippen LogP contribution in [0, 0.1) is 0 Å². The molecule has 0 amide bonds. The minimum Gasteiger partial charge on any atom is -0.346 e. The van der Waals surface area contributed by atoms with E-state index < -0.39 is 11.7 Å². The lowest BCUT2D eigenvalue weighted by molar-refractivity contribution is -0.137. The van der Waals surface area contributed by atoms with Crippen LogP contribution in [-0.2, 0) is 6.18 Å². The van der Waals surface area contributed by atoms with Crippen LogP contribution in [0.25, 0.3) is 11.4 Å². The van der Waals surface area contributed by atoms with Gasteiger partial charge in [-0.25, -0.2) is 9.97 Å². The molecule has 0 aliphatic carbocycles. The first-order valence-corrected chi connectivity index (χ1v) is 6.40. The van der Waals surface area contributed by atoms with E-state index >= 15 is 0 Å². The van der Waals surface area contributed by atoms with Crippen LogP contribution in [0.2, 0.25) is 10.2 Å². The fourth-order valence-corrected chi connectivity index (χ4v) is 1.94. The van der Waals surface area contributed by atoms with Crippen LogP contribution >= 0.6 is 23.2 Å². The lowest BCUT2D eigenvalue weighted by Crippen LogP contribution is -2.02. The third-order valence-corrected chi connectivity index (χ3v) is 2.97. The van der Waals surface area contributed by atoms with E-state index in [1.54, 1.807) is 0 Å². The van der Waals surface area contributed by atoms with Crippen molar-refractivity contribution in [3.05, 3.63) is 58.6 Å². The topological polar surface area (TPSA) is 41.6 Å². The highest BCUT2D eigenvalue weighted by atomic mass is 35.5. The van der Waals surface area contributed by atoms with Gasteiger partial charge >= 0.3 is 6.18 Å². The molecule has 0 unspecified atom stereocenters. The molecule has 0 bridgehead atoms. The van der Waals surface area contributed by atoms with Crippen LogP contribution < -0.4 is 0 Å². The second-order valence-electron chi connectivity index (χ2n) is 3.90. The largest absolute Gasteiger partial charge is 0.416 e. The molecule has 0 radical (unpaired) electrons. The van der Waals surface area contributed by atoms with E-state index in [-0.39, 0.29) is 16.0 Å². The highest BCUT2D eigenvalue weighted by Gasteiger charge is 2.29. The van der Waals surface area contributed by atoms with Crippen molar-refractivity contribution in [1.82, 2.24) is 15.0 Å². The second-order valence-corrected chi connectivity index (χ2v) is 4.70. The molecule has 1 N–H and O–H groups in total. The van der Waals surface area contributed by atoms with Crippen LogP contribution in [-0.4, -0.2) is 15.0 Å². The highest BCUT2D eigenvalue weighted by molar-refractivity contribution is 6.35. The summed E-state index contributed by atoms with van der Waals surface area (Å²) in [7, 11) is 0. The van der Waals surface area contributed by atoms with E-state index in [4.69, 9.17) is 23.2 Å². The number of rotatable bonds is 1. The van der Waals surface area contributed by atoms with Crippen molar-refractivity contribution in [3.63, 3.8) is 0 Å². The minimum absolute atomic E-state index is 0.208. The number of nitrogens with one attached hydrogen (secondary N) is 1. The van der Waals surface area contributed by atoms with E-state index in [1.807, 2.05) is 0 Å². The molecule has 0 aliphatic heterocycles. The van der Waals surface area contributed by atoms with Crippen LogP contribution in [0.4, 0.5) is 13.2 Å². The maximum Gasteiger partial charge on any atom is 0.416 e. The highest BCUT2D eigenvalue weighted by Crippen LogP contribution is 2.28. The summed E-state index contributed by atoms with van der Waals surface area (Å²) in [5, 5.41) is 0.492. The Hall–Kier alpha value is -1.79. The lowest BCUT2D eigenvalue weighted by atomic mass is 10.3. The first kappa shape index (κ1) is 15.6. The van der Waals surface area contributed by atoms with Crippen molar-refractivity contribution in [3.8, 4) is 11.4 Å². The zero-order valence-electron chi connectivity index (χ0n) is 10.3. The number of aromatic nitrogens is 3. The summed E-state index contributed by atoms with van der Waals surface area (Å²) < 4.78 is 38.0. The quantitative estimate of drug-likeness (QED) is 0.752. The van der Waals surface area contributed by atoms with Gasteiger partial charge in [-0.2, -0.15) is 13.2 Å². The van der Waals surface area contributed by atoms with Gasteiger partial charge in [-0.15, -0.1) is 0 Å². The normalized spacial score (nSPS) is 11.1. The third-order valence-electron chi connectivity index (χ3n) is 2.45. The Balaban J connectivity index is 2.54. The summed E-state index contributed by atoms with van der Waals surface area (Å²) in [4.78, 5) is 10.5. The van der Waals surface area contributed by atoms with E-state index in [0.717, 1.165) is 18.3 Å². The number of halogens is 5. The van der Waals surface area contributed by atoms with Crippen molar-refractivity contribution in [2.24, 2.45) is 0 Å². The fraction of sp³-hybridized carbons (Fsp3) is 0.0769. The molecule has 2 rings (SSSR count). The summed E-state index contributed by atoms with van der Waals surface area (Å²) >= 11 is 11.7. The first-order chi connectivity index (χ1) is 9.88. The number of hydrogen-bond acceptors (Lipinski definition) is 2. The number of H-pyrrole nitrogens is 1. The molecule has 0 saturated carbocycles. The van der Waals surface area contributed by atoms with Gasteiger partial charge in [0.25, 0.3) is 0 Å². The Morgan fingerprint density at radius 1 is 1.10 bits per heavy atom. The van der Waals surface area contributed by atoms with Crippen LogP contribution in [0.15, 0.2) is 42.9 Å². The predicted molar refractivity (Wildman–Crippen MR) is 74.5 cm³/mol. The number of hydrogen-bond donors (Lipinski definition) is 1. The number of pyridine rings is 1. The van der Waals surface area contributed by atoms with Crippen molar-refractivity contribution in [2.45, 2.75) is 6.18 Å². The number of alkyl halides is 3. The lowest BCUT2D eigenvalue weighted by Gasteiger charge is -2.02. The molecule has 2 aromatic rings. The molecule has 0 spiro atoms. The summed E-state index contributed by atoms with van der Waals surface area (Å²) in [6, 6.07) is 4.44. The van der Waals surface area contributed by atoms with Gasteiger partial charge in [-0.05, 0) is 24.3 Å². The molecule has 2 heterocycles. The standard InChI is InChI=1S/C13H8Cl2F3N3/c14-10-6-11(15)21-7-9(10)12-19-4-1-2-8(3-5-20-12)13(16,17)18/h1-7H,(H,19,20). The molecule has 0 atom stereocenters. The average molecular weight is 334 g/mol. The Morgan fingerprint density at radius 3 is 2.52 bits per heavy atom. The third kappa shape index (κ3) is 4.09.